The van der Waals surface area contributed by atoms with Gasteiger partial charge in [0.2, 0.25) is 0 Å². The average molecular weight is 273 g/mol. The van der Waals surface area contributed by atoms with Gasteiger partial charge in [-0.25, -0.2) is 0 Å². The lowest BCUT2D eigenvalue weighted by molar-refractivity contribution is 0.0938. The summed E-state index contributed by atoms with van der Waals surface area (Å²) in [6, 6.07) is 3.71. The molecule has 0 aliphatic heterocycles. The van der Waals surface area contributed by atoms with Gasteiger partial charge in [-0.2, -0.15) is 0 Å². The van der Waals surface area contributed by atoms with Crippen LogP contribution in [-0.2, 0) is 0 Å². The van der Waals surface area contributed by atoms with Crippen molar-refractivity contribution in [2.24, 2.45) is 17.8 Å². The number of aromatic nitrogens is 1. The van der Waals surface area contributed by atoms with E-state index in [2.05, 4.69) is 15.6 Å². The van der Waals surface area contributed by atoms with E-state index >= 15 is 0 Å². The summed E-state index contributed by atoms with van der Waals surface area (Å²) < 4.78 is 0. The Kier molecular flexibility index (Phi) is 3.90. The SMILES string of the molecule is CCNc1ccnc(C(=O)NCC(C2CC2)C2CC2)c1. The summed E-state index contributed by atoms with van der Waals surface area (Å²) in [5.41, 5.74) is 1.46. The molecule has 1 heterocycles. The van der Waals surface area contributed by atoms with E-state index in [1.54, 1.807) is 6.20 Å². The average Bonchev–Trinajstić information content (AvgIpc) is 3.33. The van der Waals surface area contributed by atoms with Crippen LogP contribution >= 0.6 is 0 Å². The molecule has 20 heavy (non-hydrogen) atoms. The van der Waals surface area contributed by atoms with Crippen molar-refractivity contribution in [3.63, 3.8) is 0 Å². The molecule has 0 unspecified atom stereocenters. The van der Waals surface area contributed by atoms with Crippen LogP contribution in [-0.4, -0.2) is 24.0 Å². The van der Waals surface area contributed by atoms with Crippen LogP contribution in [0.15, 0.2) is 18.3 Å². The fraction of sp³-hybridized carbons (Fsp3) is 0.625. The van der Waals surface area contributed by atoms with Gasteiger partial charge >= 0.3 is 0 Å². The number of carbonyl (C=O) groups is 1. The predicted molar refractivity (Wildman–Crippen MR) is 79.7 cm³/mol. The normalized spacial score (nSPS) is 18.1. The smallest absolute Gasteiger partial charge is 0.269 e. The van der Waals surface area contributed by atoms with Crippen LogP contribution in [0.25, 0.3) is 0 Å². The highest BCUT2D eigenvalue weighted by atomic mass is 16.1. The number of carbonyl (C=O) groups excluding carboxylic acids is 1. The zero-order valence-electron chi connectivity index (χ0n) is 12.1. The molecule has 2 N–H and O–H groups in total. The van der Waals surface area contributed by atoms with Crippen LogP contribution in [0.3, 0.4) is 0 Å². The predicted octanol–water partition coefficient (Wildman–Crippen LogP) is 2.68. The van der Waals surface area contributed by atoms with Crippen LogP contribution in [0.5, 0.6) is 0 Å². The van der Waals surface area contributed by atoms with E-state index in [9.17, 15) is 4.79 Å². The maximum Gasteiger partial charge on any atom is 0.269 e. The zero-order chi connectivity index (χ0) is 13.9. The number of anilines is 1. The molecule has 2 aliphatic carbocycles. The van der Waals surface area contributed by atoms with Gasteiger partial charge in [-0.1, -0.05) is 0 Å². The molecule has 1 aromatic rings. The van der Waals surface area contributed by atoms with Gasteiger partial charge in [0.05, 0.1) is 0 Å². The van der Waals surface area contributed by atoms with E-state index in [4.69, 9.17) is 0 Å². The van der Waals surface area contributed by atoms with Gasteiger partial charge < -0.3 is 10.6 Å². The lowest BCUT2D eigenvalue weighted by Crippen LogP contribution is -2.31. The summed E-state index contributed by atoms with van der Waals surface area (Å²) in [6.07, 6.45) is 7.10. The third-order valence-corrected chi connectivity index (χ3v) is 4.33. The molecular formula is C16H23N3O. The molecule has 3 rings (SSSR count). The van der Waals surface area contributed by atoms with Crippen LogP contribution in [0, 0.1) is 17.8 Å². The molecule has 0 atom stereocenters. The van der Waals surface area contributed by atoms with E-state index < -0.39 is 0 Å². The molecule has 4 nitrogen and oxygen atoms in total. The monoisotopic (exact) mass is 273 g/mol. The number of rotatable bonds is 7. The van der Waals surface area contributed by atoms with E-state index in [-0.39, 0.29) is 5.91 Å². The number of pyridine rings is 1. The number of hydrogen-bond donors (Lipinski definition) is 2. The first-order valence-electron chi connectivity index (χ1n) is 7.76. The fourth-order valence-electron chi connectivity index (χ4n) is 2.94. The summed E-state index contributed by atoms with van der Waals surface area (Å²) in [7, 11) is 0. The standard InChI is InChI=1S/C16H23N3O/c1-2-17-13-7-8-18-15(9-13)16(20)19-10-14(11-3-4-11)12-5-6-12/h7-9,11-12,14H,2-6,10H2,1H3,(H,17,18)(H,19,20). The third-order valence-electron chi connectivity index (χ3n) is 4.33. The van der Waals surface area contributed by atoms with E-state index in [1.165, 1.54) is 25.7 Å². The molecule has 0 aromatic carbocycles. The summed E-state index contributed by atoms with van der Waals surface area (Å²) in [4.78, 5) is 16.4. The van der Waals surface area contributed by atoms with Gasteiger partial charge in [-0.15, -0.1) is 0 Å². The van der Waals surface area contributed by atoms with Crippen LogP contribution in [0.4, 0.5) is 5.69 Å². The summed E-state index contributed by atoms with van der Waals surface area (Å²) in [5, 5.41) is 6.29. The minimum Gasteiger partial charge on any atom is -0.385 e. The lowest BCUT2D eigenvalue weighted by atomic mass is 9.98. The lowest BCUT2D eigenvalue weighted by Gasteiger charge is -2.16. The number of nitrogens with zero attached hydrogens (tertiary/aromatic N) is 1. The second-order valence-corrected chi connectivity index (χ2v) is 6.01. The maximum atomic E-state index is 12.2. The second-order valence-electron chi connectivity index (χ2n) is 6.01. The number of amides is 1. The van der Waals surface area contributed by atoms with Crippen molar-refractivity contribution in [3.05, 3.63) is 24.0 Å². The van der Waals surface area contributed by atoms with Crippen LogP contribution < -0.4 is 10.6 Å². The van der Waals surface area contributed by atoms with Gasteiger partial charge in [0.1, 0.15) is 5.69 Å². The molecule has 2 saturated carbocycles. The van der Waals surface area contributed by atoms with Gasteiger partial charge in [0, 0.05) is 25.0 Å². The fourth-order valence-corrected chi connectivity index (χ4v) is 2.94. The Bertz CT molecular complexity index is 468. The zero-order valence-corrected chi connectivity index (χ0v) is 12.1. The first-order valence-corrected chi connectivity index (χ1v) is 7.76. The van der Waals surface area contributed by atoms with Gasteiger partial charge in [0.15, 0.2) is 0 Å². The quantitative estimate of drug-likeness (QED) is 0.803. The summed E-state index contributed by atoms with van der Waals surface area (Å²) >= 11 is 0. The number of nitrogens with one attached hydrogen (secondary N) is 2. The Hall–Kier alpha value is -1.58. The van der Waals surface area contributed by atoms with E-state index in [1.807, 2.05) is 19.1 Å². The minimum absolute atomic E-state index is 0.0453. The van der Waals surface area contributed by atoms with Crippen molar-refractivity contribution in [3.8, 4) is 0 Å². The van der Waals surface area contributed by atoms with Crippen molar-refractivity contribution in [2.45, 2.75) is 32.6 Å². The molecule has 0 spiro atoms. The molecule has 4 heteroatoms. The summed E-state index contributed by atoms with van der Waals surface area (Å²) in [6.45, 7) is 3.70. The Morgan fingerprint density at radius 3 is 2.65 bits per heavy atom. The number of hydrogen-bond acceptors (Lipinski definition) is 3. The molecule has 1 amide bonds. The first kappa shape index (κ1) is 13.4. The van der Waals surface area contributed by atoms with Crippen molar-refractivity contribution >= 4 is 11.6 Å². The van der Waals surface area contributed by atoms with Gasteiger partial charge in [-0.3, -0.25) is 9.78 Å². The van der Waals surface area contributed by atoms with Gasteiger partial charge in [0.25, 0.3) is 5.91 Å². The highest BCUT2D eigenvalue weighted by Gasteiger charge is 2.41. The highest BCUT2D eigenvalue weighted by Crippen LogP contribution is 2.48. The van der Waals surface area contributed by atoms with Crippen molar-refractivity contribution in [1.29, 1.82) is 0 Å². The van der Waals surface area contributed by atoms with Crippen molar-refractivity contribution in [1.82, 2.24) is 10.3 Å². The third kappa shape index (κ3) is 3.30. The Morgan fingerprint density at radius 1 is 1.35 bits per heavy atom. The molecule has 2 fully saturated rings. The van der Waals surface area contributed by atoms with Crippen molar-refractivity contribution in [2.75, 3.05) is 18.4 Å². The topological polar surface area (TPSA) is 54.0 Å². The molecular weight excluding hydrogens is 250 g/mol. The highest BCUT2D eigenvalue weighted by molar-refractivity contribution is 5.93. The molecule has 0 bridgehead atoms. The summed E-state index contributed by atoms with van der Waals surface area (Å²) in [5.74, 6) is 2.39. The van der Waals surface area contributed by atoms with Crippen molar-refractivity contribution < 1.29 is 4.79 Å². The second kappa shape index (κ2) is 5.81. The molecule has 1 aromatic heterocycles. The molecule has 108 valence electrons. The molecule has 0 radical (unpaired) electrons. The largest absolute Gasteiger partial charge is 0.385 e. The van der Waals surface area contributed by atoms with E-state index in [0.717, 1.165) is 30.6 Å². The Morgan fingerprint density at radius 2 is 2.05 bits per heavy atom. The van der Waals surface area contributed by atoms with E-state index in [0.29, 0.717) is 11.6 Å². The maximum absolute atomic E-state index is 12.2. The van der Waals surface area contributed by atoms with Crippen LogP contribution in [0.1, 0.15) is 43.1 Å². The molecule has 2 aliphatic rings. The minimum atomic E-state index is -0.0453. The van der Waals surface area contributed by atoms with Gasteiger partial charge in [-0.05, 0) is 62.5 Å². The van der Waals surface area contributed by atoms with Crippen LogP contribution in [0.2, 0.25) is 0 Å². The Labute approximate surface area is 120 Å². The molecule has 0 saturated heterocycles. The Balaban J connectivity index is 1.56. The first-order chi connectivity index (χ1) is 9.78.